The van der Waals surface area contributed by atoms with Crippen LogP contribution in [0, 0.1) is 5.82 Å². The highest BCUT2D eigenvalue weighted by Crippen LogP contribution is 2.35. The molecule has 0 fully saturated rings. The van der Waals surface area contributed by atoms with Crippen LogP contribution in [0.25, 0.3) is 11.1 Å². The highest BCUT2D eigenvalue weighted by atomic mass is 35.5. The third kappa shape index (κ3) is 3.21. The van der Waals surface area contributed by atoms with Crippen LogP contribution in [0.15, 0.2) is 66.7 Å². The van der Waals surface area contributed by atoms with Crippen LogP contribution < -0.4 is 10.5 Å². The molecule has 0 atom stereocenters. The molecule has 0 radical (unpaired) electrons. The molecule has 2 N–H and O–H groups in total. The van der Waals surface area contributed by atoms with Gasteiger partial charge in [-0.3, -0.25) is 0 Å². The summed E-state index contributed by atoms with van der Waals surface area (Å²) in [7, 11) is 0. The van der Waals surface area contributed by atoms with Gasteiger partial charge in [-0.2, -0.15) is 0 Å². The summed E-state index contributed by atoms with van der Waals surface area (Å²) < 4.78 is 18.8. The van der Waals surface area contributed by atoms with E-state index in [1.807, 2.05) is 36.4 Å². The Kier molecular flexibility index (Phi) is 3.98. The molecule has 22 heavy (non-hydrogen) atoms. The van der Waals surface area contributed by atoms with Crippen LogP contribution in [0.2, 0.25) is 5.02 Å². The number of hydrogen-bond acceptors (Lipinski definition) is 2. The topological polar surface area (TPSA) is 35.2 Å². The van der Waals surface area contributed by atoms with Crippen LogP contribution in [0.3, 0.4) is 0 Å². The van der Waals surface area contributed by atoms with Gasteiger partial charge in [-0.05, 0) is 54.1 Å². The van der Waals surface area contributed by atoms with E-state index in [-0.39, 0.29) is 5.82 Å². The van der Waals surface area contributed by atoms with Gasteiger partial charge in [0.15, 0.2) is 0 Å². The number of rotatable bonds is 3. The van der Waals surface area contributed by atoms with Crippen LogP contribution in [-0.2, 0) is 0 Å². The smallest absolute Gasteiger partial charge is 0.137 e. The van der Waals surface area contributed by atoms with Gasteiger partial charge >= 0.3 is 0 Å². The Morgan fingerprint density at radius 1 is 0.864 bits per heavy atom. The minimum Gasteiger partial charge on any atom is -0.457 e. The molecule has 0 saturated heterocycles. The summed E-state index contributed by atoms with van der Waals surface area (Å²) in [6.07, 6.45) is 0. The molecule has 3 rings (SSSR count). The molecule has 0 aliphatic carbocycles. The molecule has 0 unspecified atom stereocenters. The summed E-state index contributed by atoms with van der Waals surface area (Å²) in [6.45, 7) is 0. The standard InChI is InChI=1S/C18H13ClFNO/c19-13-3-1-12(2-4-13)17-10-7-15(21)11-18(17)22-16-8-5-14(20)6-9-16/h1-11H,21H2. The number of halogens is 2. The molecule has 0 heterocycles. The van der Waals surface area contributed by atoms with E-state index in [0.717, 1.165) is 11.1 Å². The number of nitrogen functional groups attached to an aromatic ring is 1. The number of nitrogens with two attached hydrogens (primary N) is 1. The van der Waals surface area contributed by atoms with Crippen molar-refractivity contribution in [2.75, 3.05) is 5.73 Å². The lowest BCUT2D eigenvalue weighted by molar-refractivity contribution is 0.482. The van der Waals surface area contributed by atoms with Crippen molar-refractivity contribution in [2.45, 2.75) is 0 Å². The first-order valence-electron chi connectivity index (χ1n) is 6.71. The molecule has 110 valence electrons. The average Bonchev–Trinajstić information content (AvgIpc) is 2.51. The van der Waals surface area contributed by atoms with Gasteiger partial charge in [0.1, 0.15) is 17.3 Å². The van der Waals surface area contributed by atoms with E-state index in [2.05, 4.69) is 0 Å². The van der Waals surface area contributed by atoms with E-state index in [9.17, 15) is 4.39 Å². The predicted molar refractivity (Wildman–Crippen MR) is 87.8 cm³/mol. The van der Waals surface area contributed by atoms with Crippen molar-refractivity contribution in [1.29, 1.82) is 0 Å². The maximum absolute atomic E-state index is 13.0. The molecule has 3 aromatic rings. The highest BCUT2D eigenvalue weighted by Gasteiger charge is 2.08. The zero-order chi connectivity index (χ0) is 15.5. The van der Waals surface area contributed by atoms with Crippen molar-refractivity contribution in [2.24, 2.45) is 0 Å². The predicted octanol–water partition coefficient (Wildman–Crippen LogP) is 5.52. The summed E-state index contributed by atoms with van der Waals surface area (Å²) in [6, 6.07) is 18.7. The Bertz CT molecular complexity index is 785. The fourth-order valence-electron chi connectivity index (χ4n) is 2.12. The molecular weight excluding hydrogens is 301 g/mol. The van der Waals surface area contributed by atoms with Crippen molar-refractivity contribution in [3.8, 4) is 22.6 Å². The van der Waals surface area contributed by atoms with E-state index in [1.165, 1.54) is 12.1 Å². The molecule has 0 aliphatic rings. The second-order valence-corrected chi connectivity index (χ2v) is 5.25. The number of benzene rings is 3. The van der Waals surface area contributed by atoms with E-state index in [1.54, 1.807) is 18.2 Å². The largest absolute Gasteiger partial charge is 0.457 e. The minimum absolute atomic E-state index is 0.308. The summed E-state index contributed by atoms with van der Waals surface area (Å²) in [5, 5.41) is 0.667. The first-order valence-corrected chi connectivity index (χ1v) is 7.08. The minimum atomic E-state index is -0.308. The number of anilines is 1. The fraction of sp³-hybridized carbons (Fsp3) is 0. The molecule has 2 nitrogen and oxygen atoms in total. The molecular formula is C18H13ClFNO. The van der Waals surface area contributed by atoms with Crippen LogP contribution in [0.1, 0.15) is 0 Å². The Balaban J connectivity index is 2.00. The van der Waals surface area contributed by atoms with Gasteiger partial charge in [-0.15, -0.1) is 0 Å². The van der Waals surface area contributed by atoms with E-state index in [0.29, 0.717) is 22.2 Å². The van der Waals surface area contributed by atoms with Gasteiger partial charge < -0.3 is 10.5 Å². The van der Waals surface area contributed by atoms with Gasteiger partial charge in [0, 0.05) is 22.3 Å². The van der Waals surface area contributed by atoms with Crippen LogP contribution in [-0.4, -0.2) is 0 Å². The van der Waals surface area contributed by atoms with Gasteiger partial charge in [0.05, 0.1) is 0 Å². The molecule has 4 heteroatoms. The normalized spacial score (nSPS) is 10.5. The second-order valence-electron chi connectivity index (χ2n) is 4.82. The zero-order valence-electron chi connectivity index (χ0n) is 11.6. The summed E-state index contributed by atoms with van der Waals surface area (Å²) in [4.78, 5) is 0. The Morgan fingerprint density at radius 2 is 1.55 bits per heavy atom. The molecule has 0 saturated carbocycles. The Hall–Kier alpha value is -2.52. The first-order chi connectivity index (χ1) is 10.6. The fourth-order valence-corrected chi connectivity index (χ4v) is 2.25. The maximum Gasteiger partial charge on any atom is 0.137 e. The van der Waals surface area contributed by atoms with Gasteiger partial charge in [-0.25, -0.2) is 4.39 Å². The monoisotopic (exact) mass is 313 g/mol. The lowest BCUT2D eigenvalue weighted by atomic mass is 10.0. The maximum atomic E-state index is 13.0. The zero-order valence-corrected chi connectivity index (χ0v) is 12.3. The van der Waals surface area contributed by atoms with Crippen molar-refractivity contribution in [3.63, 3.8) is 0 Å². The Morgan fingerprint density at radius 3 is 2.23 bits per heavy atom. The van der Waals surface area contributed by atoms with Crippen molar-refractivity contribution >= 4 is 17.3 Å². The van der Waals surface area contributed by atoms with Crippen LogP contribution in [0.4, 0.5) is 10.1 Å². The summed E-state index contributed by atoms with van der Waals surface area (Å²) in [5.41, 5.74) is 8.28. The third-order valence-electron chi connectivity index (χ3n) is 3.20. The van der Waals surface area contributed by atoms with E-state index < -0.39 is 0 Å². The summed E-state index contributed by atoms with van der Waals surface area (Å²) in [5.74, 6) is 0.842. The first kappa shape index (κ1) is 14.4. The molecule has 0 amide bonds. The molecule has 3 aromatic carbocycles. The van der Waals surface area contributed by atoms with Gasteiger partial charge in [-0.1, -0.05) is 23.7 Å². The SMILES string of the molecule is Nc1ccc(-c2ccc(Cl)cc2)c(Oc2ccc(F)cc2)c1. The third-order valence-corrected chi connectivity index (χ3v) is 3.45. The average molecular weight is 314 g/mol. The second kappa shape index (κ2) is 6.08. The molecule has 0 aliphatic heterocycles. The van der Waals surface area contributed by atoms with E-state index >= 15 is 0 Å². The molecule has 0 bridgehead atoms. The van der Waals surface area contributed by atoms with Crippen molar-refractivity contribution < 1.29 is 9.13 Å². The Labute approximate surface area is 132 Å². The lowest BCUT2D eigenvalue weighted by Crippen LogP contribution is -1.92. The van der Waals surface area contributed by atoms with Crippen LogP contribution >= 0.6 is 11.6 Å². The summed E-state index contributed by atoms with van der Waals surface area (Å²) >= 11 is 5.92. The van der Waals surface area contributed by atoms with Crippen molar-refractivity contribution in [3.05, 3.63) is 77.6 Å². The van der Waals surface area contributed by atoms with Crippen molar-refractivity contribution in [1.82, 2.24) is 0 Å². The lowest BCUT2D eigenvalue weighted by Gasteiger charge is -2.12. The number of ether oxygens (including phenoxy) is 1. The van der Waals surface area contributed by atoms with Crippen LogP contribution in [0.5, 0.6) is 11.5 Å². The van der Waals surface area contributed by atoms with E-state index in [4.69, 9.17) is 22.1 Å². The van der Waals surface area contributed by atoms with Gasteiger partial charge in [0.25, 0.3) is 0 Å². The highest BCUT2D eigenvalue weighted by molar-refractivity contribution is 6.30. The number of hydrogen-bond donors (Lipinski definition) is 1. The quantitative estimate of drug-likeness (QED) is 0.646. The molecule has 0 spiro atoms. The molecule has 0 aromatic heterocycles. The van der Waals surface area contributed by atoms with Gasteiger partial charge in [0.2, 0.25) is 0 Å².